The molecule has 5 nitrogen and oxygen atoms in total. The fraction of sp³-hybridized carbons (Fsp3) is 0.562. The van der Waals surface area contributed by atoms with Crippen molar-refractivity contribution in [1.29, 1.82) is 0 Å². The molecule has 2 rings (SSSR count). The predicted octanol–water partition coefficient (Wildman–Crippen LogP) is 1.26. The van der Waals surface area contributed by atoms with Crippen LogP contribution in [-0.4, -0.2) is 44.4 Å². The zero-order valence-corrected chi connectivity index (χ0v) is 12.7. The van der Waals surface area contributed by atoms with Gasteiger partial charge in [0, 0.05) is 19.0 Å². The topological polar surface area (TPSA) is 59.6 Å². The molecule has 116 valence electrons. The SMILES string of the molecule is Cc1cccc(OCC(C)NC(=O)CC2COCCN2)c1. The molecule has 2 atom stereocenters. The molecule has 0 spiro atoms. The highest BCUT2D eigenvalue weighted by molar-refractivity contribution is 5.76. The Kier molecular flexibility index (Phi) is 6.02. The lowest BCUT2D eigenvalue weighted by molar-refractivity contribution is -0.123. The third-order valence-electron chi connectivity index (χ3n) is 3.33. The average molecular weight is 292 g/mol. The van der Waals surface area contributed by atoms with Crippen LogP contribution >= 0.6 is 0 Å². The van der Waals surface area contributed by atoms with Gasteiger partial charge in [-0.15, -0.1) is 0 Å². The first-order valence-corrected chi connectivity index (χ1v) is 7.43. The van der Waals surface area contributed by atoms with Crippen molar-refractivity contribution < 1.29 is 14.3 Å². The maximum absolute atomic E-state index is 11.9. The van der Waals surface area contributed by atoms with E-state index >= 15 is 0 Å². The molecule has 1 aliphatic rings. The highest BCUT2D eigenvalue weighted by Gasteiger charge is 2.18. The van der Waals surface area contributed by atoms with E-state index in [0.29, 0.717) is 19.6 Å². The Balaban J connectivity index is 1.68. The molecule has 1 aliphatic heterocycles. The van der Waals surface area contributed by atoms with E-state index in [1.54, 1.807) is 0 Å². The van der Waals surface area contributed by atoms with E-state index in [-0.39, 0.29) is 18.0 Å². The first-order valence-electron chi connectivity index (χ1n) is 7.43. The van der Waals surface area contributed by atoms with Gasteiger partial charge in [0.15, 0.2) is 0 Å². The van der Waals surface area contributed by atoms with Gasteiger partial charge < -0.3 is 20.1 Å². The van der Waals surface area contributed by atoms with E-state index in [4.69, 9.17) is 9.47 Å². The van der Waals surface area contributed by atoms with Crippen LogP contribution in [0.1, 0.15) is 18.9 Å². The van der Waals surface area contributed by atoms with Gasteiger partial charge in [0.1, 0.15) is 12.4 Å². The first kappa shape index (κ1) is 15.8. The van der Waals surface area contributed by atoms with Crippen LogP contribution in [0.5, 0.6) is 5.75 Å². The summed E-state index contributed by atoms with van der Waals surface area (Å²) in [5, 5.41) is 6.22. The molecular formula is C16H24N2O3. The number of amides is 1. The number of rotatable bonds is 6. The highest BCUT2D eigenvalue weighted by Crippen LogP contribution is 2.12. The van der Waals surface area contributed by atoms with Crippen LogP contribution in [0, 0.1) is 6.92 Å². The largest absolute Gasteiger partial charge is 0.491 e. The van der Waals surface area contributed by atoms with Crippen molar-refractivity contribution in [2.24, 2.45) is 0 Å². The van der Waals surface area contributed by atoms with Crippen molar-refractivity contribution in [3.8, 4) is 5.75 Å². The fourth-order valence-corrected chi connectivity index (χ4v) is 2.28. The Labute approximate surface area is 126 Å². The van der Waals surface area contributed by atoms with Crippen LogP contribution in [0.15, 0.2) is 24.3 Å². The first-order chi connectivity index (χ1) is 10.1. The van der Waals surface area contributed by atoms with Crippen molar-refractivity contribution in [3.05, 3.63) is 29.8 Å². The van der Waals surface area contributed by atoms with Crippen molar-refractivity contribution >= 4 is 5.91 Å². The second-order valence-electron chi connectivity index (χ2n) is 5.53. The van der Waals surface area contributed by atoms with Crippen LogP contribution in [0.25, 0.3) is 0 Å². The monoisotopic (exact) mass is 292 g/mol. The molecule has 21 heavy (non-hydrogen) atoms. The van der Waals surface area contributed by atoms with Gasteiger partial charge in [-0.3, -0.25) is 4.79 Å². The van der Waals surface area contributed by atoms with Crippen molar-refractivity contribution in [1.82, 2.24) is 10.6 Å². The smallest absolute Gasteiger partial charge is 0.221 e. The maximum Gasteiger partial charge on any atom is 0.221 e. The third kappa shape index (κ3) is 5.73. The molecule has 1 aromatic rings. The molecule has 1 heterocycles. The molecule has 0 bridgehead atoms. The summed E-state index contributed by atoms with van der Waals surface area (Å²) in [6.07, 6.45) is 0.439. The number of aryl methyl sites for hydroxylation is 1. The van der Waals surface area contributed by atoms with E-state index in [2.05, 4.69) is 10.6 Å². The Hall–Kier alpha value is -1.59. The number of morpholine rings is 1. The van der Waals surface area contributed by atoms with Gasteiger partial charge in [-0.25, -0.2) is 0 Å². The van der Waals surface area contributed by atoms with Gasteiger partial charge in [0.25, 0.3) is 0 Å². The molecule has 1 saturated heterocycles. The molecule has 0 saturated carbocycles. The van der Waals surface area contributed by atoms with E-state index in [1.807, 2.05) is 38.1 Å². The van der Waals surface area contributed by atoms with E-state index < -0.39 is 0 Å². The molecule has 2 unspecified atom stereocenters. The number of benzene rings is 1. The van der Waals surface area contributed by atoms with Crippen molar-refractivity contribution in [2.45, 2.75) is 32.4 Å². The van der Waals surface area contributed by atoms with Gasteiger partial charge in [-0.1, -0.05) is 12.1 Å². The summed E-state index contributed by atoms with van der Waals surface area (Å²) < 4.78 is 11.0. The van der Waals surface area contributed by atoms with E-state index in [9.17, 15) is 4.79 Å². The Morgan fingerprint density at radius 1 is 1.57 bits per heavy atom. The Morgan fingerprint density at radius 2 is 2.43 bits per heavy atom. The number of hydrogen-bond donors (Lipinski definition) is 2. The molecule has 0 aromatic heterocycles. The minimum atomic E-state index is -0.0254. The zero-order chi connectivity index (χ0) is 15.1. The molecule has 0 radical (unpaired) electrons. The number of nitrogens with one attached hydrogen (secondary N) is 2. The number of carbonyl (C=O) groups excluding carboxylic acids is 1. The second-order valence-corrected chi connectivity index (χ2v) is 5.53. The second kappa shape index (κ2) is 8.00. The van der Waals surface area contributed by atoms with Gasteiger partial charge in [0.2, 0.25) is 5.91 Å². The summed E-state index contributed by atoms with van der Waals surface area (Å²) in [5.74, 6) is 0.858. The highest BCUT2D eigenvalue weighted by atomic mass is 16.5. The van der Waals surface area contributed by atoms with Gasteiger partial charge >= 0.3 is 0 Å². The quantitative estimate of drug-likeness (QED) is 0.828. The number of ether oxygens (including phenoxy) is 2. The van der Waals surface area contributed by atoms with Crippen LogP contribution in [-0.2, 0) is 9.53 Å². The molecule has 0 aliphatic carbocycles. The molecular weight excluding hydrogens is 268 g/mol. The molecule has 2 N–H and O–H groups in total. The summed E-state index contributed by atoms with van der Waals surface area (Å²) >= 11 is 0. The van der Waals surface area contributed by atoms with E-state index in [0.717, 1.165) is 24.5 Å². The Morgan fingerprint density at radius 3 is 3.14 bits per heavy atom. The molecule has 1 aromatic carbocycles. The summed E-state index contributed by atoms with van der Waals surface area (Å²) in [4.78, 5) is 11.9. The van der Waals surface area contributed by atoms with Gasteiger partial charge in [0.05, 0.1) is 19.3 Å². The van der Waals surface area contributed by atoms with Crippen LogP contribution < -0.4 is 15.4 Å². The molecule has 5 heteroatoms. The van der Waals surface area contributed by atoms with Crippen LogP contribution in [0.2, 0.25) is 0 Å². The standard InChI is InChI=1S/C16H24N2O3/c1-12-4-3-5-15(8-12)21-10-13(2)18-16(19)9-14-11-20-7-6-17-14/h3-5,8,13-14,17H,6-7,9-11H2,1-2H3,(H,18,19). The average Bonchev–Trinajstić information content (AvgIpc) is 2.46. The third-order valence-corrected chi connectivity index (χ3v) is 3.33. The van der Waals surface area contributed by atoms with Crippen molar-refractivity contribution in [2.75, 3.05) is 26.4 Å². The number of hydrogen-bond acceptors (Lipinski definition) is 4. The zero-order valence-electron chi connectivity index (χ0n) is 12.7. The van der Waals surface area contributed by atoms with Gasteiger partial charge in [-0.2, -0.15) is 0 Å². The fourth-order valence-electron chi connectivity index (χ4n) is 2.28. The summed E-state index contributed by atoms with van der Waals surface area (Å²) in [7, 11) is 0. The van der Waals surface area contributed by atoms with Crippen LogP contribution in [0.3, 0.4) is 0 Å². The Bertz CT molecular complexity index is 459. The lowest BCUT2D eigenvalue weighted by Gasteiger charge is -2.24. The predicted molar refractivity (Wildman–Crippen MR) is 81.5 cm³/mol. The summed E-state index contributed by atoms with van der Waals surface area (Å²) in [5.41, 5.74) is 1.16. The maximum atomic E-state index is 11.9. The van der Waals surface area contributed by atoms with Crippen LogP contribution in [0.4, 0.5) is 0 Å². The molecule has 1 fully saturated rings. The summed E-state index contributed by atoms with van der Waals surface area (Å²) in [6.45, 7) is 6.56. The lowest BCUT2D eigenvalue weighted by atomic mass is 10.2. The summed E-state index contributed by atoms with van der Waals surface area (Å²) in [6, 6.07) is 7.98. The number of carbonyl (C=O) groups is 1. The minimum Gasteiger partial charge on any atom is -0.491 e. The minimum absolute atomic E-state index is 0.0254. The normalized spacial score (nSPS) is 19.8. The van der Waals surface area contributed by atoms with Crippen molar-refractivity contribution in [3.63, 3.8) is 0 Å². The molecule has 1 amide bonds. The van der Waals surface area contributed by atoms with E-state index in [1.165, 1.54) is 0 Å². The lowest BCUT2D eigenvalue weighted by Crippen LogP contribution is -2.46. The van der Waals surface area contributed by atoms with Gasteiger partial charge in [-0.05, 0) is 31.5 Å².